The molecule has 0 aliphatic rings. The van der Waals surface area contributed by atoms with Crippen molar-refractivity contribution < 1.29 is 9.53 Å². The highest BCUT2D eigenvalue weighted by Crippen LogP contribution is 2.20. The van der Waals surface area contributed by atoms with E-state index in [1.165, 1.54) is 10.9 Å². The van der Waals surface area contributed by atoms with Gasteiger partial charge in [0.15, 0.2) is 12.3 Å². The maximum absolute atomic E-state index is 12.8. The molecule has 0 atom stereocenters. The van der Waals surface area contributed by atoms with Crippen LogP contribution in [-0.4, -0.2) is 42.0 Å². The summed E-state index contributed by atoms with van der Waals surface area (Å²) in [6, 6.07) is 16.6. The van der Waals surface area contributed by atoms with Gasteiger partial charge in [0.1, 0.15) is 17.0 Å². The van der Waals surface area contributed by atoms with Crippen molar-refractivity contribution in [3.05, 3.63) is 88.0 Å². The molecule has 10 nitrogen and oxygen atoms in total. The lowest BCUT2D eigenvalue weighted by atomic mass is 10.1. The quantitative estimate of drug-likeness (QED) is 0.394. The van der Waals surface area contributed by atoms with E-state index in [0.717, 1.165) is 16.8 Å². The molecule has 35 heavy (non-hydrogen) atoms. The van der Waals surface area contributed by atoms with Crippen molar-refractivity contribution in [3.63, 3.8) is 0 Å². The van der Waals surface area contributed by atoms with Crippen molar-refractivity contribution in [2.24, 2.45) is 0 Å². The Kier molecular flexibility index (Phi) is 5.61. The third-order valence-corrected chi connectivity index (χ3v) is 5.57. The second kappa shape index (κ2) is 8.90. The van der Waals surface area contributed by atoms with Crippen LogP contribution in [-0.2, 0) is 4.79 Å². The summed E-state index contributed by atoms with van der Waals surface area (Å²) in [6.45, 7) is 5.64. The first-order valence-electron chi connectivity index (χ1n) is 11.0. The maximum atomic E-state index is 12.8. The zero-order valence-electron chi connectivity index (χ0n) is 19.4. The molecule has 3 heterocycles. The lowest BCUT2D eigenvalue weighted by Crippen LogP contribution is -2.23. The molecular weight excluding hydrogens is 446 g/mol. The molecule has 5 rings (SSSR count). The van der Waals surface area contributed by atoms with Gasteiger partial charge in [-0.05, 0) is 56.2 Å². The highest BCUT2D eigenvalue weighted by Gasteiger charge is 2.17. The van der Waals surface area contributed by atoms with E-state index in [0.29, 0.717) is 28.3 Å². The second-order valence-corrected chi connectivity index (χ2v) is 8.18. The van der Waals surface area contributed by atoms with Crippen LogP contribution in [0.2, 0.25) is 0 Å². The van der Waals surface area contributed by atoms with E-state index in [-0.39, 0.29) is 24.0 Å². The van der Waals surface area contributed by atoms with Gasteiger partial charge in [0.25, 0.3) is 11.5 Å². The number of nitrogens with zero attached hydrogens (tertiary/aromatic N) is 5. The number of amides is 1. The summed E-state index contributed by atoms with van der Waals surface area (Å²) < 4.78 is 8.51. The van der Waals surface area contributed by atoms with Crippen molar-refractivity contribution in [3.8, 4) is 17.4 Å². The maximum Gasteiger partial charge on any atom is 0.263 e. The van der Waals surface area contributed by atoms with Gasteiger partial charge >= 0.3 is 0 Å². The largest absolute Gasteiger partial charge is 0.484 e. The van der Waals surface area contributed by atoms with E-state index in [4.69, 9.17) is 4.74 Å². The molecule has 2 aromatic carbocycles. The molecule has 0 unspecified atom stereocenters. The first-order valence-corrected chi connectivity index (χ1v) is 11.0. The Morgan fingerprint density at radius 1 is 1.03 bits per heavy atom. The molecule has 5 aromatic rings. The van der Waals surface area contributed by atoms with Crippen LogP contribution in [0.5, 0.6) is 5.75 Å². The lowest BCUT2D eigenvalue weighted by Gasteiger charge is -2.10. The molecule has 0 spiro atoms. The number of aromatic nitrogens is 6. The van der Waals surface area contributed by atoms with E-state index >= 15 is 0 Å². The fourth-order valence-electron chi connectivity index (χ4n) is 3.65. The van der Waals surface area contributed by atoms with E-state index in [2.05, 4.69) is 25.5 Å². The Bertz CT molecular complexity index is 1600. The van der Waals surface area contributed by atoms with Crippen molar-refractivity contribution in [1.82, 2.24) is 29.5 Å². The molecule has 0 fully saturated rings. The fraction of sp³-hybridized carbons (Fsp3) is 0.160. The lowest BCUT2D eigenvalue weighted by molar-refractivity contribution is -0.118. The summed E-state index contributed by atoms with van der Waals surface area (Å²) in [5.74, 6) is 0.714. The van der Waals surface area contributed by atoms with E-state index in [1.54, 1.807) is 29.8 Å². The standard InChI is InChI=1S/C25H23N7O3/c1-15-9-10-18(11-16(15)2)31-23-20(13-26-31)24(34)29-25(28-23)32-21(12-17(3)30-32)27-22(33)14-35-19-7-5-4-6-8-19/h4-13H,14H2,1-3H3,(H,27,33)(H,28,29,34). The van der Waals surface area contributed by atoms with Gasteiger partial charge in [0.2, 0.25) is 5.95 Å². The van der Waals surface area contributed by atoms with Crippen molar-refractivity contribution in [2.45, 2.75) is 20.8 Å². The molecule has 0 aliphatic heterocycles. The molecule has 0 radical (unpaired) electrons. The minimum Gasteiger partial charge on any atom is -0.484 e. The third-order valence-electron chi connectivity index (χ3n) is 5.57. The van der Waals surface area contributed by atoms with Gasteiger partial charge in [0, 0.05) is 6.07 Å². The van der Waals surface area contributed by atoms with Gasteiger partial charge in [-0.2, -0.15) is 19.9 Å². The van der Waals surface area contributed by atoms with Gasteiger partial charge < -0.3 is 10.1 Å². The Labute approximate surface area is 200 Å². The van der Waals surface area contributed by atoms with Crippen LogP contribution in [0.3, 0.4) is 0 Å². The molecule has 2 N–H and O–H groups in total. The van der Waals surface area contributed by atoms with Crippen molar-refractivity contribution in [1.29, 1.82) is 0 Å². The monoisotopic (exact) mass is 469 g/mol. The summed E-state index contributed by atoms with van der Waals surface area (Å²) in [4.78, 5) is 32.7. The van der Waals surface area contributed by atoms with Gasteiger partial charge in [-0.15, -0.1) is 0 Å². The van der Waals surface area contributed by atoms with Gasteiger partial charge in [-0.25, -0.2) is 4.68 Å². The number of aryl methyl sites for hydroxylation is 3. The smallest absolute Gasteiger partial charge is 0.263 e. The number of anilines is 1. The number of fused-ring (bicyclic) bond motifs is 1. The molecular formula is C25H23N7O3. The number of carbonyl (C=O) groups excluding carboxylic acids is 1. The fourth-order valence-corrected chi connectivity index (χ4v) is 3.65. The van der Waals surface area contributed by atoms with Gasteiger partial charge in [-0.3, -0.25) is 14.6 Å². The van der Waals surface area contributed by atoms with Crippen LogP contribution in [0.1, 0.15) is 16.8 Å². The molecule has 0 aliphatic carbocycles. The predicted molar refractivity (Wildman–Crippen MR) is 131 cm³/mol. The number of hydrogen-bond acceptors (Lipinski definition) is 6. The molecule has 1 amide bonds. The minimum absolute atomic E-state index is 0.153. The van der Waals surface area contributed by atoms with Crippen molar-refractivity contribution in [2.75, 3.05) is 11.9 Å². The number of H-pyrrole nitrogens is 1. The Morgan fingerprint density at radius 3 is 2.60 bits per heavy atom. The van der Waals surface area contributed by atoms with Crippen molar-refractivity contribution >= 4 is 22.8 Å². The zero-order chi connectivity index (χ0) is 24.5. The predicted octanol–water partition coefficient (Wildman–Crippen LogP) is 3.24. The number of hydrogen-bond donors (Lipinski definition) is 2. The summed E-state index contributed by atoms with van der Waals surface area (Å²) >= 11 is 0. The Morgan fingerprint density at radius 2 is 1.83 bits per heavy atom. The average molecular weight is 470 g/mol. The Balaban J connectivity index is 1.48. The number of aromatic amines is 1. The highest BCUT2D eigenvalue weighted by atomic mass is 16.5. The average Bonchev–Trinajstić information content (AvgIpc) is 3.44. The van der Waals surface area contributed by atoms with E-state index in [9.17, 15) is 9.59 Å². The number of para-hydroxylation sites is 1. The third kappa shape index (κ3) is 4.41. The van der Waals surface area contributed by atoms with E-state index in [1.807, 2.05) is 50.2 Å². The normalized spacial score (nSPS) is 11.1. The minimum atomic E-state index is -0.376. The van der Waals surface area contributed by atoms with Crippen LogP contribution < -0.4 is 15.6 Å². The topological polar surface area (TPSA) is 120 Å². The van der Waals surface area contributed by atoms with Crippen LogP contribution in [0.4, 0.5) is 5.82 Å². The van der Waals surface area contributed by atoms with Gasteiger partial charge in [-0.1, -0.05) is 24.3 Å². The Hall–Kier alpha value is -4.73. The highest BCUT2D eigenvalue weighted by molar-refractivity contribution is 5.91. The SMILES string of the molecule is Cc1cc(NC(=O)COc2ccccc2)n(-c2nc3c(cnn3-c3ccc(C)c(C)c3)c(=O)[nH]2)n1. The van der Waals surface area contributed by atoms with Crippen LogP contribution in [0.25, 0.3) is 22.7 Å². The zero-order valence-corrected chi connectivity index (χ0v) is 19.4. The molecule has 3 aromatic heterocycles. The van der Waals surface area contributed by atoms with Crippen LogP contribution in [0, 0.1) is 20.8 Å². The number of benzene rings is 2. The van der Waals surface area contributed by atoms with Crippen LogP contribution in [0.15, 0.2) is 65.6 Å². The summed E-state index contributed by atoms with van der Waals surface area (Å²) in [5.41, 5.74) is 3.69. The molecule has 0 saturated heterocycles. The molecule has 10 heteroatoms. The first-order chi connectivity index (χ1) is 16.9. The number of nitrogens with one attached hydrogen (secondary N) is 2. The molecule has 0 saturated carbocycles. The summed E-state index contributed by atoms with van der Waals surface area (Å²) in [5, 5.41) is 11.9. The second-order valence-electron chi connectivity index (χ2n) is 8.18. The molecule has 0 bridgehead atoms. The summed E-state index contributed by atoms with van der Waals surface area (Å²) in [6.07, 6.45) is 1.48. The van der Waals surface area contributed by atoms with E-state index < -0.39 is 0 Å². The molecule has 176 valence electrons. The van der Waals surface area contributed by atoms with Gasteiger partial charge in [0.05, 0.1) is 17.6 Å². The number of carbonyl (C=O) groups is 1. The first kappa shape index (κ1) is 22.1. The number of ether oxygens (including phenoxy) is 1. The van der Waals surface area contributed by atoms with Crippen LogP contribution >= 0.6 is 0 Å². The summed E-state index contributed by atoms with van der Waals surface area (Å²) in [7, 11) is 0. The number of rotatable bonds is 6.